The van der Waals surface area contributed by atoms with Gasteiger partial charge in [0.1, 0.15) is 16.5 Å². The number of morpholine rings is 1. The molecule has 1 atom stereocenters. The molecule has 0 bridgehead atoms. The lowest BCUT2D eigenvalue weighted by atomic mass is 10.1. The van der Waals surface area contributed by atoms with E-state index in [0.717, 1.165) is 17.7 Å². The van der Waals surface area contributed by atoms with Gasteiger partial charge in [0.15, 0.2) is 0 Å². The van der Waals surface area contributed by atoms with E-state index in [-0.39, 0.29) is 12.6 Å². The topological polar surface area (TPSA) is 58.6 Å². The highest BCUT2D eigenvalue weighted by Gasteiger charge is 2.26. The van der Waals surface area contributed by atoms with E-state index in [2.05, 4.69) is 9.62 Å². The molecule has 0 spiro atoms. The molecule has 1 aliphatic rings. The number of sulfonamides is 1. The Morgan fingerprint density at radius 1 is 1.24 bits per heavy atom. The van der Waals surface area contributed by atoms with Crippen molar-refractivity contribution in [3.05, 3.63) is 52.2 Å². The first-order valence-electron chi connectivity index (χ1n) is 7.76. The molecule has 1 fully saturated rings. The number of hydrogen-bond acceptors (Lipinski definition) is 5. The summed E-state index contributed by atoms with van der Waals surface area (Å²) >= 11 is 1.52. The summed E-state index contributed by atoms with van der Waals surface area (Å²) in [5.74, 6) is -1.78. The molecule has 0 radical (unpaired) electrons. The maximum Gasteiger partial charge on any atom is 0.243 e. The number of thiophene rings is 1. The third-order valence-corrected chi connectivity index (χ3v) is 6.20. The smallest absolute Gasteiger partial charge is 0.243 e. The minimum atomic E-state index is -4.16. The zero-order chi connectivity index (χ0) is 17.9. The molecule has 25 heavy (non-hydrogen) atoms. The van der Waals surface area contributed by atoms with E-state index in [4.69, 9.17) is 4.74 Å². The van der Waals surface area contributed by atoms with Gasteiger partial charge in [-0.3, -0.25) is 4.90 Å². The van der Waals surface area contributed by atoms with E-state index < -0.39 is 26.6 Å². The quantitative estimate of drug-likeness (QED) is 0.826. The minimum absolute atomic E-state index is 0.0645. The van der Waals surface area contributed by atoms with Crippen LogP contribution in [0.2, 0.25) is 0 Å². The number of nitrogens with one attached hydrogen (secondary N) is 1. The van der Waals surface area contributed by atoms with Gasteiger partial charge in [0.05, 0.1) is 13.2 Å². The van der Waals surface area contributed by atoms with E-state index in [1.54, 1.807) is 0 Å². The molecule has 5 nitrogen and oxygen atoms in total. The Balaban J connectivity index is 1.79. The summed E-state index contributed by atoms with van der Waals surface area (Å²) in [5, 5.41) is 3.88. The summed E-state index contributed by atoms with van der Waals surface area (Å²) in [6, 6.07) is 4.12. The molecular formula is C16H18F2N2O3S2. The van der Waals surface area contributed by atoms with Crippen LogP contribution in [-0.2, 0) is 14.8 Å². The highest BCUT2D eigenvalue weighted by molar-refractivity contribution is 7.89. The fraction of sp³-hybridized carbons (Fsp3) is 0.375. The average Bonchev–Trinajstić information content (AvgIpc) is 3.12. The maximum absolute atomic E-state index is 13.8. The molecule has 3 rings (SSSR count). The van der Waals surface area contributed by atoms with Gasteiger partial charge in [0.25, 0.3) is 0 Å². The predicted molar refractivity (Wildman–Crippen MR) is 91.0 cm³/mol. The number of hydrogen-bond donors (Lipinski definition) is 1. The van der Waals surface area contributed by atoms with Gasteiger partial charge in [-0.2, -0.15) is 11.3 Å². The number of rotatable bonds is 6. The Labute approximate surface area is 149 Å². The van der Waals surface area contributed by atoms with Crippen LogP contribution in [0.4, 0.5) is 8.78 Å². The standard InChI is InChI=1S/C16H18F2N2O3S2/c17-13-1-2-14(18)16(9-13)25(21,22)19-10-15(12-3-8-24-11-12)20-4-6-23-7-5-20/h1-3,8-9,11,15,19H,4-7,10H2/t15-/m0/s1. The summed E-state index contributed by atoms with van der Waals surface area (Å²) in [6.45, 7) is 2.57. The number of ether oxygens (including phenoxy) is 1. The van der Waals surface area contributed by atoms with Crippen LogP contribution in [0.5, 0.6) is 0 Å². The van der Waals surface area contributed by atoms with Crippen molar-refractivity contribution < 1.29 is 21.9 Å². The van der Waals surface area contributed by atoms with Crippen LogP contribution < -0.4 is 4.72 Å². The summed E-state index contributed by atoms with van der Waals surface area (Å²) in [7, 11) is -4.16. The molecule has 0 amide bonds. The van der Waals surface area contributed by atoms with Crippen molar-refractivity contribution in [3.8, 4) is 0 Å². The highest BCUT2D eigenvalue weighted by Crippen LogP contribution is 2.24. The summed E-state index contributed by atoms with van der Waals surface area (Å²) < 4.78 is 59.7. The SMILES string of the molecule is O=S(=O)(NC[C@@H](c1ccsc1)N1CCOCC1)c1cc(F)ccc1F. The van der Waals surface area contributed by atoms with Gasteiger partial charge >= 0.3 is 0 Å². The molecule has 1 aromatic heterocycles. The Morgan fingerprint density at radius 3 is 2.68 bits per heavy atom. The van der Waals surface area contributed by atoms with Crippen LogP contribution in [0, 0.1) is 11.6 Å². The van der Waals surface area contributed by atoms with Crippen LogP contribution in [0.15, 0.2) is 39.9 Å². The summed E-state index contributed by atoms with van der Waals surface area (Å²) in [4.78, 5) is 1.44. The molecule has 0 unspecified atom stereocenters. The molecule has 1 aliphatic heterocycles. The van der Waals surface area contributed by atoms with Gasteiger partial charge < -0.3 is 4.74 Å². The van der Waals surface area contributed by atoms with Crippen molar-refractivity contribution in [1.29, 1.82) is 0 Å². The lowest BCUT2D eigenvalue weighted by molar-refractivity contribution is 0.0173. The van der Waals surface area contributed by atoms with Crippen molar-refractivity contribution >= 4 is 21.4 Å². The first kappa shape index (κ1) is 18.4. The number of halogens is 2. The van der Waals surface area contributed by atoms with Gasteiger partial charge in [-0.1, -0.05) is 0 Å². The minimum Gasteiger partial charge on any atom is -0.379 e. The normalized spacial score (nSPS) is 17.5. The molecule has 1 saturated heterocycles. The Hall–Kier alpha value is -1.39. The lowest BCUT2D eigenvalue weighted by Gasteiger charge is -2.34. The molecule has 9 heteroatoms. The molecule has 0 saturated carbocycles. The summed E-state index contributed by atoms with van der Waals surface area (Å²) in [6.07, 6.45) is 0. The van der Waals surface area contributed by atoms with Gasteiger partial charge in [0, 0.05) is 25.7 Å². The average molecular weight is 388 g/mol. The van der Waals surface area contributed by atoms with Gasteiger partial charge in [-0.15, -0.1) is 0 Å². The van der Waals surface area contributed by atoms with Crippen LogP contribution in [0.3, 0.4) is 0 Å². The van der Waals surface area contributed by atoms with E-state index in [9.17, 15) is 17.2 Å². The molecule has 136 valence electrons. The van der Waals surface area contributed by atoms with Crippen LogP contribution in [-0.4, -0.2) is 46.2 Å². The Bertz CT molecular complexity index is 807. The zero-order valence-electron chi connectivity index (χ0n) is 13.3. The molecule has 2 heterocycles. The molecule has 1 N–H and O–H groups in total. The van der Waals surface area contributed by atoms with Crippen molar-refractivity contribution in [2.45, 2.75) is 10.9 Å². The fourth-order valence-corrected chi connectivity index (χ4v) is 4.59. The largest absolute Gasteiger partial charge is 0.379 e. The number of nitrogens with zero attached hydrogens (tertiary/aromatic N) is 1. The van der Waals surface area contributed by atoms with Crippen molar-refractivity contribution in [2.75, 3.05) is 32.8 Å². The fourth-order valence-electron chi connectivity index (χ4n) is 2.76. The Morgan fingerprint density at radius 2 is 2.00 bits per heavy atom. The van der Waals surface area contributed by atoms with Gasteiger partial charge in [-0.05, 0) is 40.6 Å². The van der Waals surface area contributed by atoms with Gasteiger partial charge in [-0.25, -0.2) is 21.9 Å². The first-order chi connectivity index (χ1) is 12.0. The van der Waals surface area contributed by atoms with Gasteiger partial charge in [0.2, 0.25) is 10.0 Å². The molecule has 0 aliphatic carbocycles. The lowest BCUT2D eigenvalue weighted by Crippen LogP contribution is -2.43. The van der Waals surface area contributed by atoms with E-state index in [1.165, 1.54) is 11.3 Å². The van der Waals surface area contributed by atoms with Crippen molar-refractivity contribution in [2.24, 2.45) is 0 Å². The Kier molecular flexibility index (Phi) is 5.80. The third kappa shape index (κ3) is 4.42. The van der Waals surface area contributed by atoms with Crippen LogP contribution in [0.1, 0.15) is 11.6 Å². The van der Waals surface area contributed by atoms with Crippen LogP contribution in [0.25, 0.3) is 0 Å². The van der Waals surface area contributed by atoms with Crippen molar-refractivity contribution in [3.63, 3.8) is 0 Å². The second kappa shape index (κ2) is 7.88. The highest BCUT2D eigenvalue weighted by atomic mass is 32.2. The summed E-state index contributed by atoms with van der Waals surface area (Å²) in [5.41, 5.74) is 0.981. The van der Waals surface area contributed by atoms with E-state index in [0.29, 0.717) is 32.4 Å². The number of benzene rings is 1. The predicted octanol–water partition coefficient (Wildman–Crippen LogP) is 2.38. The third-order valence-electron chi connectivity index (χ3n) is 4.06. The van der Waals surface area contributed by atoms with Crippen molar-refractivity contribution in [1.82, 2.24) is 9.62 Å². The van der Waals surface area contributed by atoms with Crippen LogP contribution >= 0.6 is 11.3 Å². The zero-order valence-corrected chi connectivity index (χ0v) is 15.0. The van der Waals surface area contributed by atoms with E-state index in [1.807, 2.05) is 16.8 Å². The van der Waals surface area contributed by atoms with E-state index >= 15 is 0 Å². The monoisotopic (exact) mass is 388 g/mol. The first-order valence-corrected chi connectivity index (χ1v) is 10.2. The molecular weight excluding hydrogens is 370 g/mol. The maximum atomic E-state index is 13.8. The molecule has 2 aromatic rings. The second-order valence-electron chi connectivity index (χ2n) is 5.65. The molecule has 1 aromatic carbocycles. The second-order valence-corrected chi connectivity index (χ2v) is 8.16.